The Labute approximate surface area is 493 Å². The van der Waals surface area contributed by atoms with Crippen molar-refractivity contribution in [3.8, 4) is 0 Å². The molecule has 0 bridgehead atoms. The summed E-state index contributed by atoms with van der Waals surface area (Å²) in [5, 5.41) is 45.1. The number of amides is 1. The van der Waals surface area contributed by atoms with E-state index in [2.05, 4.69) is 23.3 Å². The Morgan fingerprint density at radius 3 is 1.09 bits per heavy atom. The lowest BCUT2D eigenvalue weighted by molar-refractivity contribution is -0.298. The summed E-state index contributed by atoms with van der Waals surface area (Å²) in [5.41, 5.74) is 0. The highest BCUT2D eigenvalue weighted by Crippen LogP contribution is 2.26. The molecule has 1 amide bonds. The molecular formula is C67H131NO11S. The van der Waals surface area contributed by atoms with E-state index >= 15 is 0 Å². The summed E-state index contributed by atoms with van der Waals surface area (Å²) in [6, 6.07) is -0.941. The highest BCUT2D eigenvalue weighted by atomic mass is 32.3. The van der Waals surface area contributed by atoms with Crippen molar-refractivity contribution >= 4 is 16.3 Å². The van der Waals surface area contributed by atoms with Crippen LogP contribution in [0.15, 0.2) is 12.2 Å². The van der Waals surface area contributed by atoms with Gasteiger partial charge in [0.15, 0.2) is 6.29 Å². The maximum atomic E-state index is 13.2. The van der Waals surface area contributed by atoms with E-state index in [0.29, 0.717) is 6.42 Å². The van der Waals surface area contributed by atoms with Gasteiger partial charge in [0.25, 0.3) is 0 Å². The first-order chi connectivity index (χ1) is 39.0. The minimum atomic E-state index is -5.09. The molecular weight excluding hydrogens is 1030 g/mol. The zero-order chi connectivity index (χ0) is 58.3. The van der Waals surface area contributed by atoms with Gasteiger partial charge in [-0.05, 0) is 19.3 Å². The lowest BCUT2D eigenvalue weighted by Crippen LogP contribution is -2.61. The Bertz CT molecular complexity index is 1450. The summed E-state index contributed by atoms with van der Waals surface area (Å²) >= 11 is 0. The van der Waals surface area contributed by atoms with Crippen LogP contribution in [-0.2, 0) is 28.9 Å². The first-order valence-electron chi connectivity index (χ1n) is 34.6. The van der Waals surface area contributed by atoms with Gasteiger partial charge >= 0.3 is 10.4 Å². The molecule has 7 atom stereocenters. The van der Waals surface area contributed by atoms with Gasteiger partial charge < -0.3 is 35.2 Å². The molecule has 1 aliphatic heterocycles. The van der Waals surface area contributed by atoms with Crippen molar-refractivity contribution in [1.29, 1.82) is 0 Å². The maximum Gasteiger partial charge on any atom is 0.397 e. The molecule has 1 heterocycles. The predicted octanol–water partition coefficient (Wildman–Crippen LogP) is 17.7. The number of carbonyl (C=O) groups excluding carboxylic acids is 1. The Kier molecular flexibility index (Phi) is 54.7. The Morgan fingerprint density at radius 2 is 0.787 bits per heavy atom. The standard InChI is InChI=1S/C67H131NO11S/c1-3-5-7-9-11-13-15-17-19-21-23-24-25-26-27-28-29-30-31-32-33-34-35-36-37-38-39-41-43-45-47-49-51-53-55-57-63(71)68-60(59-77-67-65(73)66(79-80(74,75)76)64(72)62(58-69)78-67)61(70)56-54-52-50-48-46-44-42-40-22-20-18-16-14-12-10-8-6-4-2/h54,56,60-62,64-67,69-70,72-73H,3-53,55,57-59H2,1-2H3,(H,68,71)(H,74,75,76)/b56-54+. The quantitative estimate of drug-likeness (QED) is 0.0193. The van der Waals surface area contributed by atoms with Crippen molar-refractivity contribution < 1.29 is 51.8 Å². The van der Waals surface area contributed by atoms with Gasteiger partial charge in [0, 0.05) is 6.42 Å². The van der Waals surface area contributed by atoms with Crippen molar-refractivity contribution in [2.45, 2.75) is 397 Å². The monoisotopic (exact) mass is 1160 g/mol. The van der Waals surface area contributed by atoms with E-state index in [9.17, 15) is 38.2 Å². The lowest BCUT2D eigenvalue weighted by Gasteiger charge is -2.41. The number of hydrogen-bond acceptors (Lipinski definition) is 10. The Balaban J connectivity index is 2.19. The molecule has 0 radical (unpaired) electrons. The van der Waals surface area contributed by atoms with Crippen molar-refractivity contribution in [2.24, 2.45) is 0 Å². The number of hydrogen-bond donors (Lipinski definition) is 6. The molecule has 0 aliphatic carbocycles. The summed E-state index contributed by atoms with van der Waals surface area (Å²) in [5.74, 6) is -0.253. The van der Waals surface area contributed by atoms with Crippen LogP contribution in [0.1, 0.15) is 354 Å². The number of carbonyl (C=O) groups is 1. The molecule has 0 aromatic heterocycles. The highest BCUT2D eigenvalue weighted by Gasteiger charge is 2.48. The van der Waals surface area contributed by atoms with Crippen molar-refractivity contribution in [1.82, 2.24) is 5.32 Å². The number of aliphatic hydroxyl groups excluding tert-OH is 4. The molecule has 0 aromatic rings. The third-order valence-corrected chi connectivity index (χ3v) is 17.3. The number of rotatable bonds is 62. The minimum absolute atomic E-state index is 0.253. The van der Waals surface area contributed by atoms with Crippen LogP contribution in [0.4, 0.5) is 0 Å². The summed E-state index contributed by atoms with van der Waals surface area (Å²) < 4.78 is 48.0. The van der Waals surface area contributed by atoms with E-state index in [0.717, 1.165) is 38.5 Å². The van der Waals surface area contributed by atoms with Crippen LogP contribution in [0.3, 0.4) is 0 Å². The average molecular weight is 1160 g/mol. The lowest BCUT2D eigenvalue weighted by atomic mass is 9.99. The fourth-order valence-electron chi connectivity index (χ4n) is 11.5. The van der Waals surface area contributed by atoms with E-state index in [1.54, 1.807) is 6.08 Å². The van der Waals surface area contributed by atoms with Crippen LogP contribution in [0, 0.1) is 0 Å². The van der Waals surface area contributed by atoms with E-state index in [1.807, 2.05) is 6.08 Å². The summed E-state index contributed by atoms with van der Waals surface area (Å²) in [6.45, 7) is 3.46. The van der Waals surface area contributed by atoms with Crippen LogP contribution in [0.5, 0.6) is 0 Å². The smallest absolute Gasteiger partial charge is 0.394 e. The second kappa shape index (κ2) is 56.9. The minimum Gasteiger partial charge on any atom is -0.394 e. The normalized spacial score (nSPS) is 18.6. The maximum absolute atomic E-state index is 13.2. The zero-order valence-electron chi connectivity index (χ0n) is 52.2. The molecule has 7 unspecified atom stereocenters. The van der Waals surface area contributed by atoms with Gasteiger partial charge in [0.05, 0.1) is 25.4 Å². The summed E-state index contributed by atoms with van der Waals surface area (Å²) in [7, 11) is -5.09. The van der Waals surface area contributed by atoms with E-state index in [1.165, 1.54) is 289 Å². The van der Waals surface area contributed by atoms with Gasteiger partial charge in [-0.25, -0.2) is 4.18 Å². The number of nitrogens with one attached hydrogen (secondary N) is 1. The van der Waals surface area contributed by atoms with Crippen LogP contribution < -0.4 is 5.32 Å². The fraction of sp³-hybridized carbons (Fsp3) is 0.955. The molecule has 6 N–H and O–H groups in total. The SMILES string of the molecule is CCCCCCCCCCCCCCCCCC/C=C/C(O)C(COC1OC(CO)C(O)C(OS(=O)(=O)O)C1O)NC(=O)CCCCCCCCCCCCCCCCCCCCCCCCCCCCCCCCCCCCC. The number of unbranched alkanes of at least 4 members (excludes halogenated alkanes) is 50. The van der Waals surface area contributed by atoms with Gasteiger partial charge in [0.2, 0.25) is 5.91 Å². The second-order valence-electron chi connectivity index (χ2n) is 24.5. The molecule has 13 heteroatoms. The molecule has 0 aromatic carbocycles. The fourth-order valence-corrected chi connectivity index (χ4v) is 12.0. The third kappa shape index (κ3) is 48.1. The summed E-state index contributed by atoms with van der Waals surface area (Å²) in [6.07, 6.45) is 63.0. The Hall–Kier alpha value is -1.16. The highest BCUT2D eigenvalue weighted by molar-refractivity contribution is 7.80. The average Bonchev–Trinajstić information content (AvgIpc) is 3.44. The zero-order valence-corrected chi connectivity index (χ0v) is 53.0. The molecule has 80 heavy (non-hydrogen) atoms. The molecule has 1 saturated heterocycles. The Morgan fingerprint density at radius 1 is 0.487 bits per heavy atom. The topological polar surface area (TPSA) is 192 Å². The molecule has 1 rings (SSSR count). The molecule has 0 spiro atoms. The van der Waals surface area contributed by atoms with Gasteiger partial charge in [-0.15, -0.1) is 0 Å². The molecule has 1 aliphatic rings. The van der Waals surface area contributed by atoms with Crippen LogP contribution in [0.2, 0.25) is 0 Å². The van der Waals surface area contributed by atoms with Gasteiger partial charge in [0.1, 0.15) is 24.4 Å². The molecule has 12 nitrogen and oxygen atoms in total. The predicted molar refractivity (Wildman–Crippen MR) is 333 cm³/mol. The van der Waals surface area contributed by atoms with Crippen molar-refractivity contribution in [2.75, 3.05) is 13.2 Å². The van der Waals surface area contributed by atoms with Gasteiger partial charge in [-0.1, -0.05) is 341 Å². The second-order valence-corrected chi connectivity index (χ2v) is 25.5. The van der Waals surface area contributed by atoms with Crippen LogP contribution in [0.25, 0.3) is 0 Å². The number of aliphatic hydroxyl groups is 4. The van der Waals surface area contributed by atoms with E-state index in [4.69, 9.17) is 9.47 Å². The van der Waals surface area contributed by atoms with Crippen LogP contribution in [-0.4, -0.2) is 95.4 Å². The molecule has 476 valence electrons. The van der Waals surface area contributed by atoms with Gasteiger partial charge in [-0.2, -0.15) is 8.42 Å². The first kappa shape index (κ1) is 76.9. The van der Waals surface area contributed by atoms with E-state index < -0.39 is 59.9 Å². The van der Waals surface area contributed by atoms with Gasteiger partial charge in [-0.3, -0.25) is 9.35 Å². The van der Waals surface area contributed by atoms with E-state index in [-0.39, 0.29) is 18.9 Å². The first-order valence-corrected chi connectivity index (χ1v) is 35.9. The molecule has 1 fully saturated rings. The molecule has 0 saturated carbocycles. The number of allylic oxidation sites excluding steroid dienone is 1. The van der Waals surface area contributed by atoms with Crippen molar-refractivity contribution in [3.05, 3.63) is 12.2 Å². The third-order valence-electron chi connectivity index (χ3n) is 16.8. The van der Waals surface area contributed by atoms with Crippen molar-refractivity contribution in [3.63, 3.8) is 0 Å². The van der Waals surface area contributed by atoms with Crippen LogP contribution >= 0.6 is 0 Å². The summed E-state index contributed by atoms with van der Waals surface area (Å²) in [4.78, 5) is 13.2. The largest absolute Gasteiger partial charge is 0.397 e. The number of ether oxygens (including phenoxy) is 2.